The summed E-state index contributed by atoms with van der Waals surface area (Å²) in [7, 11) is 0. The average Bonchev–Trinajstić information content (AvgIpc) is 2.25. The summed E-state index contributed by atoms with van der Waals surface area (Å²) >= 11 is 0. The van der Waals surface area contributed by atoms with E-state index in [1.807, 2.05) is 19.1 Å². The molecule has 0 saturated carbocycles. The summed E-state index contributed by atoms with van der Waals surface area (Å²) < 4.78 is 0. The molecule has 1 N–H and O–H groups in total. The maximum atomic E-state index is 10.6. The highest BCUT2D eigenvalue weighted by Gasteiger charge is 2.03. The summed E-state index contributed by atoms with van der Waals surface area (Å²) in [5.74, 6) is -0.382. The number of carboxylic acids is 1. The molecule has 86 valence electrons. The highest BCUT2D eigenvalue weighted by molar-refractivity contribution is 5.89. The molecule has 0 amide bonds. The largest absolute Gasteiger partial charge is 0.478 e. The van der Waals surface area contributed by atoms with E-state index < -0.39 is 5.97 Å². The zero-order valence-corrected chi connectivity index (χ0v) is 10.0. The van der Waals surface area contributed by atoms with Gasteiger partial charge in [0, 0.05) is 6.08 Å². The fourth-order valence-electron chi connectivity index (χ4n) is 1.62. The van der Waals surface area contributed by atoms with Crippen LogP contribution in [0.15, 0.2) is 30.3 Å². The van der Waals surface area contributed by atoms with Gasteiger partial charge in [0.25, 0.3) is 0 Å². The molecule has 0 aliphatic rings. The van der Waals surface area contributed by atoms with E-state index in [0.29, 0.717) is 5.92 Å². The number of carbonyl (C=O) groups is 1. The van der Waals surface area contributed by atoms with E-state index in [-0.39, 0.29) is 0 Å². The van der Waals surface area contributed by atoms with Crippen LogP contribution in [0.25, 0.3) is 5.57 Å². The van der Waals surface area contributed by atoms with Gasteiger partial charge < -0.3 is 5.11 Å². The third-order valence-corrected chi connectivity index (χ3v) is 2.63. The van der Waals surface area contributed by atoms with Gasteiger partial charge in [0.15, 0.2) is 0 Å². The second-order valence-corrected chi connectivity index (χ2v) is 4.14. The molecule has 0 bridgehead atoms. The van der Waals surface area contributed by atoms with E-state index in [1.54, 1.807) is 0 Å². The minimum atomic E-state index is -0.884. The Bertz CT molecular complexity index is 386. The smallest absolute Gasteiger partial charge is 0.328 e. The third-order valence-electron chi connectivity index (χ3n) is 2.63. The number of hydrogen-bond acceptors (Lipinski definition) is 1. The minimum Gasteiger partial charge on any atom is -0.478 e. The lowest BCUT2D eigenvalue weighted by molar-refractivity contribution is -0.131. The van der Waals surface area contributed by atoms with Crippen LogP contribution in [0.1, 0.15) is 44.2 Å². The molecule has 2 nitrogen and oxygen atoms in total. The van der Waals surface area contributed by atoms with Crippen molar-refractivity contribution in [1.82, 2.24) is 0 Å². The first kappa shape index (κ1) is 12.5. The standard InChI is InChI=1S/C14H18O2/c1-4-11(9-14(15)16)13-7-5-12(6-8-13)10(2)3/h5-10H,4H2,1-3H3,(H,15,16)/b11-9+. The molecule has 0 saturated heterocycles. The number of aliphatic carboxylic acids is 1. The van der Waals surface area contributed by atoms with E-state index in [1.165, 1.54) is 11.6 Å². The molecule has 2 heteroatoms. The molecule has 0 atom stereocenters. The lowest BCUT2D eigenvalue weighted by Gasteiger charge is -2.08. The first-order valence-electron chi connectivity index (χ1n) is 5.58. The molecule has 1 aromatic carbocycles. The Kier molecular flexibility index (Phi) is 4.29. The van der Waals surface area contributed by atoms with Crippen LogP contribution in [-0.2, 0) is 4.79 Å². The van der Waals surface area contributed by atoms with Gasteiger partial charge in [-0.15, -0.1) is 0 Å². The number of carboxylic acid groups (broad SMARTS) is 1. The van der Waals surface area contributed by atoms with Gasteiger partial charge in [0.05, 0.1) is 0 Å². The summed E-state index contributed by atoms with van der Waals surface area (Å²) in [5, 5.41) is 8.74. The maximum Gasteiger partial charge on any atom is 0.328 e. The summed E-state index contributed by atoms with van der Waals surface area (Å²) in [4.78, 5) is 10.6. The highest BCUT2D eigenvalue weighted by atomic mass is 16.4. The van der Waals surface area contributed by atoms with Crippen molar-refractivity contribution < 1.29 is 9.90 Å². The summed E-state index contributed by atoms with van der Waals surface area (Å²) in [6.45, 7) is 6.25. The average molecular weight is 218 g/mol. The first-order valence-corrected chi connectivity index (χ1v) is 5.58. The van der Waals surface area contributed by atoms with Crippen molar-refractivity contribution in [2.45, 2.75) is 33.1 Å². The molecule has 0 aliphatic carbocycles. The third kappa shape index (κ3) is 3.23. The Labute approximate surface area is 96.6 Å². The molecule has 1 rings (SSSR count). The van der Waals surface area contributed by atoms with Gasteiger partial charge in [0.2, 0.25) is 0 Å². The van der Waals surface area contributed by atoms with Crippen molar-refractivity contribution in [3.63, 3.8) is 0 Å². The number of hydrogen-bond donors (Lipinski definition) is 1. The van der Waals surface area contributed by atoms with Crippen molar-refractivity contribution >= 4 is 11.5 Å². The lowest BCUT2D eigenvalue weighted by atomic mass is 9.97. The highest BCUT2D eigenvalue weighted by Crippen LogP contribution is 2.21. The van der Waals surface area contributed by atoms with Crippen molar-refractivity contribution in [2.75, 3.05) is 0 Å². The Morgan fingerprint density at radius 3 is 2.25 bits per heavy atom. The zero-order valence-electron chi connectivity index (χ0n) is 10.0. The van der Waals surface area contributed by atoms with E-state index in [2.05, 4.69) is 26.0 Å². The van der Waals surface area contributed by atoms with Gasteiger partial charge in [-0.2, -0.15) is 0 Å². The first-order chi connectivity index (χ1) is 7.54. The van der Waals surface area contributed by atoms with E-state index in [0.717, 1.165) is 17.6 Å². The fourth-order valence-corrected chi connectivity index (χ4v) is 1.62. The van der Waals surface area contributed by atoms with Crippen LogP contribution in [0.2, 0.25) is 0 Å². The van der Waals surface area contributed by atoms with Crippen LogP contribution in [0.4, 0.5) is 0 Å². The Morgan fingerprint density at radius 1 is 1.31 bits per heavy atom. The maximum absolute atomic E-state index is 10.6. The molecule has 1 aromatic rings. The van der Waals surface area contributed by atoms with Crippen LogP contribution in [0.3, 0.4) is 0 Å². The van der Waals surface area contributed by atoms with Gasteiger partial charge in [-0.1, -0.05) is 45.0 Å². The monoisotopic (exact) mass is 218 g/mol. The molecule has 0 radical (unpaired) electrons. The Hall–Kier alpha value is -1.57. The predicted octanol–water partition coefficient (Wildman–Crippen LogP) is 3.69. The quantitative estimate of drug-likeness (QED) is 0.782. The molecule has 16 heavy (non-hydrogen) atoms. The summed E-state index contributed by atoms with van der Waals surface area (Å²) in [5.41, 5.74) is 3.13. The van der Waals surface area contributed by atoms with Gasteiger partial charge in [-0.25, -0.2) is 4.79 Å². The van der Waals surface area contributed by atoms with Gasteiger partial charge in [-0.05, 0) is 29.0 Å². The topological polar surface area (TPSA) is 37.3 Å². The number of benzene rings is 1. The van der Waals surface area contributed by atoms with Gasteiger partial charge in [-0.3, -0.25) is 0 Å². The van der Waals surface area contributed by atoms with Crippen LogP contribution in [0, 0.1) is 0 Å². The summed E-state index contributed by atoms with van der Waals surface area (Å²) in [6.07, 6.45) is 2.01. The summed E-state index contributed by atoms with van der Waals surface area (Å²) in [6, 6.07) is 8.11. The molecule has 0 spiro atoms. The van der Waals surface area contributed by atoms with Crippen molar-refractivity contribution in [2.24, 2.45) is 0 Å². The molecule has 0 heterocycles. The lowest BCUT2D eigenvalue weighted by Crippen LogP contribution is -1.93. The SMILES string of the molecule is CC/C(=C\C(=O)O)c1ccc(C(C)C)cc1. The molecule has 0 unspecified atom stereocenters. The second kappa shape index (κ2) is 5.50. The fraction of sp³-hybridized carbons (Fsp3) is 0.357. The Morgan fingerprint density at radius 2 is 1.88 bits per heavy atom. The van der Waals surface area contributed by atoms with Crippen molar-refractivity contribution in [3.05, 3.63) is 41.5 Å². The Balaban J connectivity index is 3.00. The van der Waals surface area contributed by atoms with Gasteiger partial charge >= 0.3 is 5.97 Å². The van der Waals surface area contributed by atoms with Gasteiger partial charge in [0.1, 0.15) is 0 Å². The van der Waals surface area contributed by atoms with Crippen molar-refractivity contribution in [3.8, 4) is 0 Å². The number of allylic oxidation sites excluding steroid dienone is 1. The molecular formula is C14H18O2. The van der Waals surface area contributed by atoms with Crippen LogP contribution in [0.5, 0.6) is 0 Å². The molecule has 0 aliphatic heterocycles. The van der Waals surface area contributed by atoms with Crippen molar-refractivity contribution in [1.29, 1.82) is 0 Å². The molecule has 0 fully saturated rings. The number of rotatable bonds is 4. The van der Waals surface area contributed by atoms with Crippen LogP contribution >= 0.6 is 0 Å². The minimum absolute atomic E-state index is 0.502. The van der Waals surface area contributed by atoms with Crippen LogP contribution < -0.4 is 0 Å². The zero-order chi connectivity index (χ0) is 12.1. The van der Waals surface area contributed by atoms with E-state index in [4.69, 9.17) is 5.11 Å². The van der Waals surface area contributed by atoms with E-state index in [9.17, 15) is 4.79 Å². The van der Waals surface area contributed by atoms with Crippen LogP contribution in [-0.4, -0.2) is 11.1 Å². The second-order valence-electron chi connectivity index (χ2n) is 4.14. The molecular weight excluding hydrogens is 200 g/mol. The predicted molar refractivity (Wildman–Crippen MR) is 66.4 cm³/mol. The molecule has 0 aromatic heterocycles. The normalized spacial score (nSPS) is 11.9. The van der Waals surface area contributed by atoms with E-state index >= 15 is 0 Å².